The summed E-state index contributed by atoms with van der Waals surface area (Å²) >= 11 is 0. The average Bonchev–Trinajstić information content (AvgIpc) is 3.02. The molecule has 0 bridgehead atoms. The lowest BCUT2D eigenvalue weighted by atomic mass is 10.2. The third kappa shape index (κ3) is 2.17. The van der Waals surface area contributed by atoms with Crippen molar-refractivity contribution in [3.63, 3.8) is 0 Å². The number of fused-ring (bicyclic) bond motifs is 1. The number of nitrogens with zero attached hydrogens (tertiary/aromatic N) is 2. The first-order chi connectivity index (χ1) is 9.29. The molecule has 0 spiro atoms. The lowest BCUT2D eigenvalue weighted by molar-refractivity contribution is 0.174. The number of benzene rings is 1. The van der Waals surface area contributed by atoms with Gasteiger partial charge in [0.2, 0.25) is 6.79 Å². The van der Waals surface area contributed by atoms with Crippen LogP contribution in [0.1, 0.15) is 5.69 Å². The smallest absolute Gasteiger partial charge is 0.231 e. The van der Waals surface area contributed by atoms with Gasteiger partial charge in [-0.3, -0.25) is 0 Å². The minimum absolute atomic E-state index is 0.298. The second-order valence-corrected chi connectivity index (χ2v) is 4.55. The average molecular weight is 259 g/mol. The molecule has 1 aromatic heterocycles. The van der Waals surface area contributed by atoms with E-state index in [1.54, 1.807) is 0 Å². The molecule has 2 heterocycles. The van der Waals surface area contributed by atoms with E-state index in [9.17, 15) is 0 Å². The van der Waals surface area contributed by atoms with Crippen LogP contribution in [0.15, 0.2) is 24.4 Å². The van der Waals surface area contributed by atoms with Crippen molar-refractivity contribution in [2.45, 2.75) is 6.42 Å². The second kappa shape index (κ2) is 4.93. The van der Waals surface area contributed by atoms with Crippen LogP contribution in [0, 0.1) is 0 Å². The summed E-state index contributed by atoms with van der Waals surface area (Å²) in [6, 6.07) is 5.92. The maximum atomic E-state index is 5.40. The van der Waals surface area contributed by atoms with E-state index in [2.05, 4.69) is 14.9 Å². The molecule has 1 aromatic carbocycles. The standard InChI is InChI=1S/C14H17N3O2/c1-15-6-5-11-8-16-14(17(11)2)10-3-4-12-13(7-10)19-9-18-12/h3-4,7-8,15H,5-6,9H2,1-2H3. The molecule has 0 fully saturated rings. The molecule has 0 saturated carbocycles. The molecule has 0 saturated heterocycles. The van der Waals surface area contributed by atoms with Gasteiger partial charge in [-0.15, -0.1) is 0 Å². The SMILES string of the molecule is CNCCc1cnc(-c2ccc3c(c2)OCO3)n1C. The first-order valence-corrected chi connectivity index (χ1v) is 6.35. The zero-order valence-corrected chi connectivity index (χ0v) is 11.1. The predicted octanol–water partition coefficient (Wildman–Crippen LogP) is 1.58. The van der Waals surface area contributed by atoms with Crippen molar-refractivity contribution in [3.05, 3.63) is 30.1 Å². The van der Waals surface area contributed by atoms with E-state index in [1.807, 2.05) is 38.5 Å². The summed E-state index contributed by atoms with van der Waals surface area (Å²) in [5.41, 5.74) is 2.25. The molecule has 1 aliphatic heterocycles. The van der Waals surface area contributed by atoms with Gasteiger partial charge >= 0.3 is 0 Å². The summed E-state index contributed by atoms with van der Waals surface area (Å²) in [6.07, 6.45) is 2.89. The van der Waals surface area contributed by atoms with Crippen LogP contribution in [0.25, 0.3) is 11.4 Å². The van der Waals surface area contributed by atoms with Gasteiger partial charge in [0.1, 0.15) is 5.82 Å². The van der Waals surface area contributed by atoms with Gasteiger partial charge < -0.3 is 19.4 Å². The number of rotatable bonds is 4. The van der Waals surface area contributed by atoms with Crippen molar-refractivity contribution in [1.29, 1.82) is 0 Å². The van der Waals surface area contributed by atoms with Crippen LogP contribution in [-0.2, 0) is 13.5 Å². The van der Waals surface area contributed by atoms with E-state index in [0.717, 1.165) is 35.9 Å². The molecule has 0 aliphatic carbocycles. The molecule has 1 N–H and O–H groups in total. The van der Waals surface area contributed by atoms with Crippen molar-refractivity contribution in [2.75, 3.05) is 20.4 Å². The Morgan fingerprint density at radius 3 is 3.00 bits per heavy atom. The van der Waals surface area contributed by atoms with Gasteiger partial charge in [-0.25, -0.2) is 4.98 Å². The largest absolute Gasteiger partial charge is 0.454 e. The zero-order valence-electron chi connectivity index (χ0n) is 11.1. The number of nitrogens with one attached hydrogen (secondary N) is 1. The summed E-state index contributed by atoms with van der Waals surface area (Å²) in [5.74, 6) is 2.54. The normalized spacial score (nSPS) is 12.9. The molecule has 0 atom stereocenters. The summed E-state index contributed by atoms with van der Waals surface area (Å²) in [4.78, 5) is 4.50. The minimum Gasteiger partial charge on any atom is -0.454 e. The van der Waals surface area contributed by atoms with Crippen molar-refractivity contribution < 1.29 is 9.47 Å². The lowest BCUT2D eigenvalue weighted by Gasteiger charge is -2.06. The molecule has 19 heavy (non-hydrogen) atoms. The van der Waals surface area contributed by atoms with Gasteiger partial charge in [-0.05, 0) is 25.2 Å². The van der Waals surface area contributed by atoms with E-state index >= 15 is 0 Å². The first kappa shape index (κ1) is 12.0. The van der Waals surface area contributed by atoms with Gasteiger partial charge in [0.05, 0.1) is 0 Å². The highest BCUT2D eigenvalue weighted by Crippen LogP contribution is 2.35. The molecular formula is C14H17N3O2. The molecule has 1 aliphatic rings. The van der Waals surface area contributed by atoms with Crippen molar-refractivity contribution in [2.24, 2.45) is 7.05 Å². The van der Waals surface area contributed by atoms with Crippen molar-refractivity contribution in [1.82, 2.24) is 14.9 Å². The molecule has 0 radical (unpaired) electrons. The molecule has 5 heteroatoms. The van der Waals surface area contributed by atoms with Gasteiger partial charge in [0.25, 0.3) is 0 Å². The Morgan fingerprint density at radius 2 is 2.16 bits per heavy atom. The van der Waals surface area contributed by atoms with E-state index in [4.69, 9.17) is 9.47 Å². The maximum absolute atomic E-state index is 5.40. The number of hydrogen-bond donors (Lipinski definition) is 1. The monoisotopic (exact) mass is 259 g/mol. The maximum Gasteiger partial charge on any atom is 0.231 e. The number of likely N-dealkylation sites (N-methyl/N-ethyl adjacent to an activating group) is 1. The summed E-state index contributed by atoms with van der Waals surface area (Å²) < 4.78 is 12.8. The van der Waals surface area contributed by atoms with Crippen LogP contribution in [-0.4, -0.2) is 29.9 Å². The zero-order chi connectivity index (χ0) is 13.2. The predicted molar refractivity (Wildman–Crippen MR) is 72.4 cm³/mol. The molecule has 0 unspecified atom stereocenters. The van der Waals surface area contributed by atoms with Crippen LogP contribution < -0.4 is 14.8 Å². The fraction of sp³-hybridized carbons (Fsp3) is 0.357. The fourth-order valence-electron chi connectivity index (χ4n) is 2.23. The molecule has 2 aromatic rings. The highest BCUT2D eigenvalue weighted by atomic mass is 16.7. The quantitative estimate of drug-likeness (QED) is 0.905. The molecule has 0 amide bonds. The van der Waals surface area contributed by atoms with Crippen LogP contribution in [0.4, 0.5) is 0 Å². The Kier molecular flexibility index (Phi) is 3.13. The van der Waals surface area contributed by atoms with Crippen molar-refractivity contribution >= 4 is 0 Å². The summed E-state index contributed by atoms with van der Waals surface area (Å²) in [7, 11) is 3.99. The number of aromatic nitrogens is 2. The van der Waals surface area contributed by atoms with Gasteiger partial charge in [0.15, 0.2) is 11.5 Å². The fourth-order valence-corrected chi connectivity index (χ4v) is 2.23. The Labute approximate surface area is 112 Å². The van der Waals surface area contributed by atoms with Crippen LogP contribution in [0.5, 0.6) is 11.5 Å². The second-order valence-electron chi connectivity index (χ2n) is 4.55. The van der Waals surface area contributed by atoms with Gasteiger partial charge in [0, 0.05) is 37.5 Å². The Bertz CT molecular complexity index is 592. The number of imidazole rings is 1. The third-order valence-electron chi connectivity index (χ3n) is 3.35. The number of ether oxygens (including phenoxy) is 2. The highest BCUT2D eigenvalue weighted by Gasteiger charge is 2.16. The molecule has 5 nitrogen and oxygen atoms in total. The number of hydrogen-bond acceptors (Lipinski definition) is 4. The van der Waals surface area contributed by atoms with E-state index in [1.165, 1.54) is 5.69 Å². The Morgan fingerprint density at radius 1 is 1.32 bits per heavy atom. The minimum atomic E-state index is 0.298. The van der Waals surface area contributed by atoms with Gasteiger partial charge in [-0.2, -0.15) is 0 Å². The van der Waals surface area contributed by atoms with Crippen LogP contribution in [0.3, 0.4) is 0 Å². The third-order valence-corrected chi connectivity index (χ3v) is 3.35. The van der Waals surface area contributed by atoms with Crippen LogP contribution >= 0.6 is 0 Å². The van der Waals surface area contributed by atoms with E-state index < -0.39 is 0 Å². The van der Waals surface area contributed by atoms with Crippen molar-refractivity contribution in [3.8, 4) is 22.9 Å². The van der Waals surface area contributed by atoms with E-state index in [0.29, 0.717) is 6.79 Å². The Balaban J connectivity index is 1.92. The molecule has 3 rings (SSSR count). The summed E-state index contributed by atoms with van der Waals surface area (Å²) in [6.45, 7) is 1.24. The first-order valence-electron chi connectivity index (χ1n) is 6.35. The topological polar surface area (TPSA) is 48.3 Å². The Hall–Kier alpha value is -2.01. The molecular weight excluding hydrogens is 242 g/mol. The van der Waals surface area contributed by atoms with Gasteiger partial charge in [-0.1, -0.05) is 0 Å². The van der Waals surface area contributed by atoms with Crippen LogP contribution in [0.2, 0.25) is 0 Å². The highest BCUT2D eigenvalue weighted by molar-refractivity contribution is 5.62. The van der Waals surface area contributed by atoms with E-state index in [-0.39, 0.29) is 0 Å². The molecule has 100 valence electrons. The summed E-state index contributed by atoms with van der Waals surface area (Å²) in [5, 5.41) is 3.15. The lowest BCUT2D eigenvalue weighted by Crippen LogP contribution is -2.12.